The average molecular weight is 712 g/mol. The Balaban J connectivity index is 6.46. The lowest BCUT2D eigenvalue weighted by atomic mass is 9.90. The molecule has 0 aliphatic heterocycles. The lowest BCUT2D eigenvalue weighted by Crippen LogP contribution is -2.45. The van der Waals surface area contributed by atoms with Crippen molar-refractivity contribution in [3.63, 3.8) is 0 Å². The van der Waals surface area contributed by atoms with Crippen LogP contribution in [0.25, 0.3) is 0 Å². The molecule has 9 nitrogen and oxygen atoms in total. The molecule has 0 aliphatic rings. The molecule has 0 radical (unpaired) electrons. The highest BCUT2D eigenvalue weighted by atomic mass is 16.6. The van der Waals surface area contributed by atoms with Crippen LogP contribution in [-0.4, -0.2) is 75.8 Å². The second-order valence-corrected chi connectivity index (χ2v) is 14.8. The van der Waals surface area contributed by atoms with E-state index in [1.165, 1.54) is 0 Å². The molecule has 0 rings (SSSR count). The van der Waals surface area contributed by atoms with Crippen molar-refractivity contribution in [1.82, 2.24) is 4.90 Å². The summed E-state index contributed by atoms with van der Waals surface area (Å²) in [5.74, 6) is -2.04. The van der Waals surface area contributed by atoms with Crippen LogP contribution in [0.5, 0.6) is 0 Å². The highest BCUT2D eigenvalue weighted by molar-refractivity contribution is 5.74. The van der Waals surface area contributed by atoms with Gasteiger partial charge in [0.15, 0.2) is 0 Å². The first kappa shape index (κ1) is 47.8. The molecule has 0 fully saturated rings. The summed E-state index contributed by atoms with van der Waals surface area (Å²) in [6.45, 7) is 12.6. The van der Waals surface area contributed by atoms with Crippen molar-refractivity contribution in [3.8, 4) is 0 Å². The standard InChI is InChI=1S/C41H77NO8/c1-9-15-22-34(23-16-10-2)38(44)48-31-41(30-47-37(43)28-21-29-42(7)8,32-49-39(45)35(24-17-11-3)25-18-12-4)33-50-40(46)36(26-19-13-5)27-20-14-6/h34-36H,9-33H2,1-8H3. The molecule has 0 saturated carbocycles. The summed E-state index contributed by atoms with van der Waals surface area (Å²) in [4.78, 5) is 55.6. The number of carbonyl (C=O) groups is 4. The van der Waals surface area contributed by atoms with E-state index < -0.39 is 11.4 Å². The summed E-state index contributed by atoms with van der Waals surface area (Å²) >= 11 is 0. The van der Waals surface area contributed by atoms with Crippen molar-refractivity contribution in [1.29, 1.82) is 0 Å². The van der Waals surface area contributed by atoms with Crippen LogP contribution in [0.2, 0.25) is 0 Å². The molecule has 0 unspecified atom stereocenters. The zero-order chi connectivity index (χ0) is 37.6. The van der Waals surface area contributed by atoms with Crippen LogP contribution in [-0.2, 0) is 38.1 Å². The fourth-order valence-electron chi connectivity index (χ4n) is 5.96. The van der Waals surface area contributed by atoms with Gasteiger partial charge in [0.25, 0.3) is 0 Å². The minimum Gasteiger partial charge on any atom is -0.465 e. The number of hydrogen-bond donors (Lipinski definition) is 0. The van der Waals surface area contributed by atoms with E-state index in [4.69, 9.17) is 18.9 Å². The number of esters is 4. The van der Waals surface area contributed by atoms with Crippen molar-refractivity contribution in [2.24, 2.45) is 23.2 Å². The van der Waals surface area contributed by atoms with Gasteiger partial charge in [-0.1, -0.05) is 119 Å². The third kappa shape index (κ3) is 22.6. The van der Waals surface area contributed by atoms with Gasteiger partial charge in [-0.05, 0) is 65.6 Å². The molecule has 0 aliphatic carbocycles. The molecule has 0 aromatic carbocycles. The highest BCUT2D eigenvalue weighted by Gasteiger charge is 2.40. The summed E-state index contributed by atoms with van der Waals surface area (Å²) in [5, 5.41) is 0. The summed E-state index contributed by atoms with van der Waals surface area (Å²) in [7, 11) is 3.90. The maximum Gasteiger partial charge on any atom is 0.308 e. The normalized spacial score (nSPS) is 11.8. The van der Waals surface area contributed by atoms with E-state index in [0.717, 1.165) is 122 Å². The van der Waals surface area contributed by atoms with Gasteiger partial charge in [-0.3, -0.25) is 19.2 Å². The molecule has 0 aromatic rings. The predicted octanol–water partition coefficient (Wildman–Crippen LogP) is 9.48. The molecule has 0 aromatic heterocycles. The molecule has 0 N–H and O–H groups in total. The van der Waals surface area contributed by atoms with E-state index in [2.05, 4.69) is 41.5 Å². The topological polar surface area (TPSA) is 108 Å². The van der Waals surface area contributed by atoms with Crippen LogP contribution in [0.4, 0.5) is 0 Å². The third-order valence-corrected chi connectivity index (χ3v) is 9.52. The Labute approximate surface area is 306 Å². The van der Waals surface area contributed by atoms with Crippen LogP contribution in [0.1, 0.15) is 170 Å². The van der Waals surface area contributed by atoms with E-state index in [1.807, 2.05) is 19.0 Å². The van der Waals surface area contributed by atoms with Gasteiger partial charge < -0.3 is 23.8 Å². The SMILES string of the molecule is CCCCC(CCCC)C(=O)OCC(COC(=O)CCCN(C)C)(COC(=O)C(CCCC)CCCC)COC(=O)C(CCCC)CCCC. The van der Waals surface area contributed by atoms with Gasteiger partial charge in [0.05, 0.1) is 17.8 Å². The Kier molecular flexibility index (Phi) is 29.1. The first-order chi connectivity index (χ1) is 24.0. The van der Waals surface area contributed by atoms with Crippen LogP contribution in [0, 0.1) is 23.2 Å². The lowest BCUT2D eigenvalue weighted by Gasteiger charge is -2.33. The van der Waals surface area contributed by atoms with Gasteiger partial charge in [-0.2, -0.15) is 0 Å². The van der Waals surface area contributed by atoms with E-state index in [9.17, 15) is 19.2 Å². The smallest absolute Gasteiger partial charge is 0.308 e. The maximum atomic E-state index is 13.6. The number of hydrogen-bond acceptors (Lipinski definition) is 9. The fraction of sp³-hybridized carbons (Fsp3) is 0.902. The van der Waals surface area contributed by atoms with Crippen LogP contribution in [0.3, 0.4) is 0 Å². The number of rotatable bonds is 33. The van der Waals surface area contributed by atoms with E-state index in [0.29, 0.717) is 6.42 Å². The molecule has 0 atom stereocenters. The largest absolute Gasteiger partial charge is 0.465 e. The van der Waals surface area contributed by atoms with Crippen LogP contribution < -0.4 is 0 Å². The molecular weight excluding hydrogens is 634 g/mol. The van der Waals surface area contributed by atoms with Gasteiger partial charge in [0.1, 0.15) is 31.8 Å². The Morgan fingerprint density at radius 3 is 1.00 bits per heavy atom. The van der Waals surface area contributed by atoms with E-state index >= 15 is 0 Å². The molecule has 0 bridgehead atoms. The average Bonchev–Trinajstić information content (AvgIpc) is 3.10. The number of carbonyl (C=O) groups excluding carboxylic acids is 4. The zero-order valence-electron chi connectivity index (χ0n) is 33.6. The second-order valence-electron chi connectivity index (χ2n) is 14.8. The molecule has 0 amide bonds. The van der Waals surface area contributed by atoms with Crippen molar-refractivity contribution in [2.75, 3.05) is 47.1 Å². The van der Waals surface area contributed by atoms with Crippen LogP contribution in [0.15, 0.2) is 0 Å². The van der Waals surface area contributed by atoms with Gasteiger partial charge >= 0.3 is 23.9 Å². The summed E-state index contributed by atoms with van der Waals surface area (Å²) < 4.78 is 23.9. The van der Waals surface area contributed by atoms with Crippen molar-refractivity contribution in [2.45, 2.75) is 170 Å². The van der Waals surface area contributed by atoms with Crippen molar-refractivity contribution < 1.29 is 38.1 Å². The monoisotopic (exact) mass is 712 g/mol. The Hall–Kier alpha value is -2.16. The number of ether oxygens (including phenoxy) is 4. The molecule has 50 heavy (non-hydrogen) atoms. The summed E-state index contributed by atoms with van der Waals surface area (Å²) in [6, 6.07) is 0. The number of nitrogens with zero attached hydrogens (tertiary/aromatic N) is 1. The number of unbranched alkanes of at least 4 members (excludes halogenated alkanes) is 6. The lowest BCUT2D eigenvalue weighted by molar-refractivity contribution is -0.175. The minimum atomic E-state index is -1.24. The Morgan fingerprint density at radius 1 is 0.460 bits per heavy atom. The quantitative estimate of drug-likeness (QED) is 0.0486. The maximum absolute atomic E-state index is 13.6. The first-order valence-electron chi connectivity index (χ1n) is 20.3. The summed E-state index contributed by atoms with van der Waals surface area (Å²) in [5.41, 5.74) is -1.24. The zero-order valence-corrected chi connectivity index (χ0v) is 33.6. The fourth-order valence-corrected chi connectivity index (χ4v) is 5.96. The van der Waals surface area contributed by atoms with Crippen LogP contribution >= 0.6 is 0 Å². The van der Waals surface area contributed by atoms with Crippen molar-refractivity contribution >= 4 is 23.9 Å². The van der Waals surface area contributed by atoms with E-state index in [-0.39, 0.29) is 68.5 Å². The van der Waals surface area contributed by atoms with Gasteiger partial charge in [0, 0.05) is 6.42 Å². The molecule has 9 heteroatoms. The third-order valence-electron chi connectivity index (χ3n) is 9.52. The predicted molar refractivity (Wildman–Crippen MR) is 202 cm³/mol. The molecular formula is C41H77NO8. The molecule has 0 spiro atoms. The molecule has 0 saturated heterocycles. The Morgan fingerprint density at radius 2 is 0.740 bits per heavy atom. The highest BCUT2D eigenvalue weighted by Crippen LogP contribution is 2.28. The molecule has 0 heterocycles. The van der Waals surface area contributed by atoms with Crippen molar-refractivity contribution in [3.05, 3.63) is 0 Å². The minimum absolute atomic E-state index is 0.185. The Bertz CT molecular complexity index is 779. The first-order valence-corrected chi connectivity index (χ1v) is 20.3. The second kappa shape index (κ2) is 30.5. The van der Waals surface area contributed by atoms with Gasteiger partial charge in [-0.25, -0.2) is 0 Å². The molecule has 294 valence electrons. The van der Waals surface area contributed by atoms with E-state index in [1.54, 1.807) is 0 Å². The van der Waals surface area contributed by atoms with Gasteiger partial charge in [-0.15, -0.1) is 0 Å². The van der Waals surface area contributed by atoms with Gasteiger partial charge in [0.2, 0.25) is 0 Å². The summed E-state index contributed by atoms with van der Waals surface area (Å²) in [6.07, 6.45) is 16.6.